The van der Waals surface area contributed by atoms with Crippen molar-refractivity contribution in [1.82, 2.24) is 0 Å². The second-order valence-electron chi connectivity index (χ2n) is 4.37. The average molecular weight is 327 g/mol. The van der Waals surface area contributed by atoms with E-state index >= 15 is 0 Å². The molecule has 0 aliphatic rings. The number of benzene rings is 1. The van der Waals surface area contributed by atoms with Gasteiger partial charge in [-0.1, -0.05) is 17.7 Å². The highest BCUT2D eigenvalue weighted by Crippen LogP contribution is 2.26. The summed E-state index contributed by atoms with van der Waals surface area (Å²) in [6.45, 7) is 0.593. The van der Waals surface area contributed by atoms with Crippen molar-refractivity contribution in [2.45, 2.75) is 0 Å². The lowest BCUT2D eigenvalue weighted by Crippen LogP contribution is -2.10. The van der Waals surface area contributed by atoms with Gasteiger partial charge in [0.05, 0.1) is 23.2 Å². The molecule has 0 bridgehead atoms. The van der Waals surface area contributed by atoms with E-state index in [4.69, 9.17) is 16.0 Å². The number of halogens is 1. The summed E-state index contributed by atoms with van der Waals surface area (Å²) in [4.78, 5) is 0. The Kier molecular flexibility index (Phi) is 4.93. The monoisotopic (exact) mass is 326 g/mol. The molecule has 1 aromatic heterocycles. The predicted octanol–water partition coefficient (Wildman–Crippen LogP) is 3.43. The molecule has 21 heavy (non-hydrogen) atoms. The van der Waals surface area contributed by atoms with E-state index in [0.29, 0.717) is 17.3 Å². The van der Waals surface area contributed by atoms with E-state index in [1.54, 1.807) is 24.5 Å². The zero-order chi connectivity index (χ0) is 15.3. The van der Waals surface area contributed by atoms with E-state index in [1.165, 1.54) is 0 Å². The molecule has 0 radical (unpaired) electrons. The van der Waals surface area contributed by atoms with Gasteiger partial charge in [0.15, 0.2) is 0 Å². The van der Waals surface area contributed by atoms with E-state index in [-0.39, 0.29) is 0 Å². The summed E-state index contributed by atoms with van der Waals surface area (Å²) in [5, 5.41) is 3.48. The van der Waals surface area contributed by atoms with Crippen LogP contribution in [0.15, 0.2) is 47.1 Å². The SMILES string of the molecule is CS(=O)(=O)Nc1ccc(NCC=Cc2ccco2)cc1Cl. The van der Waals surface area contributed by atoms with Crippen molar-refractivity contribution >= 4 is 39.1 Å². The maximum Gasteiger partial charge on any atom is 0.229 e. The summed E-state index contributed by atoms with van der Waals surface area (Å²) in [6.07, 6.45) is 6.46. The van der Waals surface area contributed by atoms with E-state index in [1.807, 2.05) is 24.3 Å². The molecule has 1 aromatic carbocycles. The Balaban J connectivity index is 1.94. The van der Waals surface area contributed by atoms with Crippen LogP contribution in [0.4, 0.5) is 11.4 Å². The number of sulfonamides is 1. The average Bonchev–Trinajstić information content (AvgIpc) is 2.89. The number of hydrogen-bond donors (Lipinski definition) is 2. The van der Waals surface area contributed by atoms with E-state index in [2.05, 4.69) is 10.0 Å². The molecule has 1 heterocycles. The lowest BCUT2D eigenvalue weighted by Gasteiger charge is -2.09. The van der Waals surface area contributed by atoms with Crippen LogP contribution in [0.5, 0.6) is 0 Å². The first-order valence-electron chi connectivity index (χ1n) is 6.15. The van der Waals surface area contributed by atoms with Gasteiger partial charge in [0.2, 0.25) is 10.0 Å². The molecule has 0 fully saturated rings. The van der Waals surface area contributed by atoms with Crippen molar-refractivity contribution in [3.05, 3.63) is 53.5 Å². The Hall–Kier alpha value is -1.92. The number of furan rings is 1. The first kappa shape index (κ1) is 15.5. The fraction of sp³-hybridized carbons (Fsp3) is 0.143. The topological polar surface area (TPSA) is 71.3 Å². The van der Waals surface area contributed by atoms with Gasteiger partial charge in [0, 0.05) is 12.2 Å². The third kappa shape index (κ3) is 5.17. The Morgan fingerprint density at radius 1 is 1.33 bits per heavy atom. The number of anilines is 2. The lowest BCUT2D eigenvalue weighted by molar-refractivity contribution is 0.557. The summed E-state index contributed by atoms with van der Waals surface area (Å²) >= 11 is 6.03. The number of nitrogens with one attached hydrogen (secondary N) is 2. The highest BCUT2D eigenvalue weighted by atomic mass is 35.5. The zero-order valence-electron chi connectivity index (χ0n) is 11.3. The molecular weight excluding hydrogens is 312 g/mol. The largest absolute Gasteiger partial charge is 0.465 e. The van der Waals surface area contributed by atoms with Crippen molar-refractivity contribution in [2.24, 2.45) is 0 Å². The Morgan fingerprint density at radius 3 is 2.76 bits per heavy atom. The lowest BCUT2D eigenvalue weighted by atomic mass is 10.3. The standard InChI is InChI=1S/C14H15ClN2O3S/c1-21(18,19)17-14-7-6-11(10-13(14)15)16-8-2-4-12-5-3-9-20-12/h2-7,9-10,16-17H,8H2,1H3. The summed E-state index contributed by atoms with van der Waals surface area (Å²) in [5.41, 5.74) is 1.15. The van der Waals surface area contributed by atoms with Gasteiger partial charge in [-0.3, -0.25) is 4.72 Å². The molecule has 0 spiro atoms. The summed E-state index contributed by atoms with van der Waals surface area (Å²) in [6, 6.07) is 8.71. The second kappa shape index (κ2) is 6.69. The summed E-state index contributed by atoms with van der Waals surface area (Å²) in [5.74, 6) is 0.780. The molecule has 2 rings (SSSR count). The zero-order valence-corrected chi connectivity index (χ0v) is 12.9. The van der Waals surface area contributed by atoms with E-state index in [9.17, 15) is 8.42 Å². The molecule has 2 aromatic rings. The van der Waals surface area contributed by atoms with Gasteiger partial charge in [-0.05, 0) is 36.4 Å². The highest BCUT2D eigenvalue weighted by Gasteiger charge is 2.06. The molecular formula is C14H15ClN2O3S. The smallest absolute Gasteiger partial charge is 0.229 e. The van der Waals surface area contributed by atoms with Crippen molar-refractivity contribution in [1.29, 1.82) is 0 Å². The third-order valence-electron chi connectivity index (χ3n) is 2.51. The van der Waals surface area contributed by atoms with Crippen LogP contribution in [-0.2, 0) is 10.0 Å². The Labute approximate surface area is 128 Å². The van der Waals surface area contributed by atoms with Gasteiger partial charge in [0.25, 0.3) is 0 Å². The first-order valence-corrected chi connectivity index (χ1v) is 8.42. The van der Waals surface area contributed by atoms with Gasteiger partial charge in [-0.25, -0.2) is 8.42 Å². The van der Waals surface area contributed by atoms with Crippen LogP contribution in [0.1, 0.15) is 5.76 Å². The van der Waals surface area contributed by atoms with Crippen LogP contribution >= 0.6 is 11.6 Å². The van der Waals surface area contributed by atoms with Crippen LogP contribution in [0.25, 0.3) is 6.08 Å². The van der Waals surface area contributed by atoms with E-state index < -0.39 is 10.0 Å². The molecule has 0 unspecified atom stereocenters. The van der Waals surface area contributed by atoms with Gasteiger partial charge < -0.3 is 9.73 Å². The van der Waals surface area contributed by atoms with Crippen LogP contribution in [-0.4, -0.2) is 21.2 Å². The molecule has 112 valence electrons. The molecule has 7 heteroatoms. The van der Waals surface area contributed by atoms with Crippen molar-refractivity contribution in [3.63, 3.8) is 0 Å². The van der Waals surface area contributed by atoms with Crippen LogP contribution in [0, 0.1) is 0 Å². The summed E-state index contributed by atoms with van der Waals surface area (Å²) < 4.78 is 29.8. The van der Waals surface area contributed by atoms with Crippen LogP contribution in [0.2, 0.25) is 5.02 Å². The maximum atomic E-state index is 11.2. The minimum atomic E-state index is -3.33. The first-order chi connectivity index (χ1) is 9.94. The molecule has 0 saturated carbocycles. The van der Waals surface area contributed by atoms with Gasteiger partial charge in [0.1, 0.15) is 5.76 Å². The minimum absolute atomic E-state index is 0.334. The summed E-state index contributed by atoms with van der Waals surface area (Å²) in [7, 11) is -3.33. The van der Waals surface area contributed by atoms with Crippen molar-refractivity contribution in [2.75, 3.05) is 22.8 Å². The van der Waals surface area contributed by atoms with E-state index in [0.717, 1.165) is 17.7 Å². The molecule has 0 atom stereocenters. The van der Waals surface area contributed by atoms with Gasteiger partial charge in [-0.15, -0.1) is 0 Å². The fourth-order valence-corrected chi connectivity index (χ4v) is 2.51. The van der Waals surface area contributed by atoms with Crippen LogP contribution < -0.4 is 10.0 Å². The van der Waals surface area contributed by atoms with Crippen LogP contribution in [0.3, 0.4) is 0 Å². The molecule has 0 saturated heterocycles. The van der Waals surface area contributed by atoms with Crippen molar-refractivity contribution in [3.8, 4) is 0 Å². The molecule has 0 aliphatic carbocycles. The van der Waals surface area contributed by atoms with Gasteiger partial charge in [-0.2, -0.15) is 0 Å². The Bertz CT molecular complexity index is 725. The Morgan fingerprint density at radius 2 is 2.14 bits per heavy atom. The number of rotatable bonds is 6. The molecule has 0 amide bonds. The highest BCUT2D eigenvalue weighted by molar-refractivity contribution is 7.92. The molecule has 0 aliphatic heterocycles. The van der Waals surface area contributed by atoms with Gasteiger partial charge >= 0.3 is 0 Å². The second-order valence-corrected chi connectivity index (χ2v) is 6.52. The maximum absolute atomic E-state index is 11.2. The fourth-order valence-electron chi connectivity index (χ4n) is 1.65. The molecule has 5 nitrogen and oxygen atoms in total. The third-order valence-corrected chi connectivity index (χ3v) is 3.42. The minimum Gasteiger partial charge on any atom is -0.465 e. The van der Waals surface area contributed by atoms with Crippen molar-refractivity contribution < 1.29 is 12.8 Å². The normalized spacial score (nSPS) is 11.7. The molecule has 2 N–H and O–H groups in total. The number of hydrogen-bond acceptors (Lipinski definition) is 4. The quantitative estimate of drug-likeness (QED) is 0.853. The predicted molar refractivity (Wildman–Crippen MR) is 86.2 cm³/mol.